The minimum Gasteiger partial charge on any atom is -0.496 e. The van der Waals surface area contributed by atoms with E-state index in [1.165, 1.54) is 0 Å². The molecule has 0 spiro atoms. The first-order valence-corrected chi connectivity index (χ1v) is 13.4. The maximum Gasteiger partial charge on any atom is 0.319 e. The SMILES string of the molecule is CCNC(=O)Nc1ccc([C@@H]2O[C@H](CSc3ccccc3OC)[C@H](C)[C@H](c3ccc(CO)cc3)O2)cc1. The number of rotatable bonds is 9. The van der Waals surface area contributed by atoms with Crippen molar-refractivity contribution >= 4 is 23.5 Å². The summed E-state index contributed by atoms with van der Waals surface area (Å²) >= 11 is 1.70. The summed E-state index contributed by atoms with van der Waals surface area (Å²) in [7, 11) is 1.68. The van der Waals surface area contributed by atoms with Crippen LogP contribution in [0.25, 0.3) is 0 Å². The van der Waals surface area contributed by atoms with Gasteiger partial charge in [-0.2, -0.15) is 0 Å². The number of anilines is 1. The highest BCUT2D eigenvalue weighted by Crippen LogP contribution is 2.43. The van der Waals surface area contributed by atoms with Crippen molar-refractivity contribution in [2.45, 2.75) is 43.8 Å². The van der Waals surface area contributed by atoms with Crippen molar-refractivity contribution in [3.63, 3.8) is 0 Å². The predicted molar refractivity (Wildman–Crippen MR) is 146 cm³/mol. The molecule has 0 saturated carbocycles. The molecule has 0 unspecified atom stereocenters. The van der Waals surface area contributed by atoms with Gasteiger partial charge in [-0.1, -0.05) is 55.5 Å². The highest BCUT2D eigenvalue weighted by Gasteiger charge is 2.38. The smallest absolute Gasteiger partial charge is 0.319 e. The maximum atomic E-state index is 11.9. The van der Waals surface area contributed by atoms with Gasteiger partial charge in [-0.15, -0.1) is 11.8 Å². The average Bonchev–Trinajstić information content (AvgIpc) is 2.93. The van der Waals surface area contributed by atoms with Crippen LogP contribution < -0.4 is 15.4 Å². The molecule has 7 nitrogen and oxygen atoms in total. The molecular weight excluding hydrogens is 488 g/mol. The Balaban J connectivity index is 1.55. The number of carbonyl (C=O) groups is 1. The van der Waals surface area contributed by atoms with E-state index >= 15 is 0 Å². The van der Waals surface area contributed by atoms with Crippen molar-refractivity contribution in [3.05, 3.63) is 89.5 Å². The molecule has 0 radical (unpaired) electrons. The number of ether oxygens (including phenoxy) is 3. The number of amides is 2. The summed E-state index contributed by atoms with van der Waals surface area (Å²) in [6.45, 7) is 4.58. The first-order valence-electron chi connectivity index (χ1n) is 12.4. The van der Waals surface area contributed by atoms with Crippen molar-refractivity contribution in [1.29, 1.82) is 0 Å². The number of thioether (sulfide) groups is 1. The molecule has 3 aromatic carbocycles. The number of nitrogens with one attached hydrogen (secondary N) is 2. The number of methoxy groups -OCH3 is 1. The first kappa shape index (κ1) is 27.0. The third-order valence-corrected chi connectivity index (χ3v) is 7.52. The molecule has 0 aliphatic carbocycles. The van der Waals surface area contributed by atoms with E-state index in [0.29, 0.717) is 12.2 Å². The molecule has 1 aliphatic heterocycles. The largest absolute Gasteiger partial charge is 0.496 e. The van der Waals surface area contributed by atoms with Crippen molar-refractivity contribution in [2.24, 2.45) is 5.92 Å². The fraction of sp³-hybridized carbons (Fsp3) is 0.345. The lowest BCUT2D eigenvalue weighted by molar-refractivity contribution is -0.268. The maximum absolute atomic E-state index is 11.9. The Kier molecular flexibility index (Phi) is 9.46. The van der Waals surface area contributed by atoms with Crippen LogP contribution in [0.1, 0.15) is 42.9 Å². The van der Waals surface area contributed by atoms with E-state index in [1.54, 1.807) is 18.9 Å². The number of hydrogen-bond acceptors (Lipinski definition) is 6. The second-order valence-electron chi connectivity index (χ2n) is 8.89. The van der Waals surface area contributed by atoms with Crippen molar-refractivity contribution in [3.8, 4) is 5.75 Å². The molecule has 196 valence electrons. The summed E-state index contributed by atoms with van der Waals surface area (Å²) in [6.07, 6.45) is -0.854. The lowest BCUT2D eigenvalue weighted by Gasteiger charge is -2.41. The number of aliphatic hydroxyl groups excluding tert-OH is 1. The van der Waals surface area contributed by atoms with Crippen LogP contribution >= 0.6 is 11.8 Å². The molecule has 3 aromatic rings. The molecule has 4 atom stereocenters. The van der Waals surface area contributed by atoms with Crippen LogP contribution in [0.4, 0.5) is 10.5 Å². The van der Waals surface area contributed by atoms with Gasteiger partial charge < -0.3 is 30.0 Å². The lowest BCUT2D eigenvalue weighted by Crippen LogP contribution is -2.38. The van der Waals surface area contributed by atoms with Gasteiger partial charge in [0, 0.05) is 34.4 Å². The summed E-state index contributed by atoms with van der Waals surface area (Å²) < 4.78 is 18.6. The van der Waals surface area contributed by atoms with Gasteiger partial charge in [-0.3, -0.25) is 0 Å². The molecular formula is C29H34N2O5S. The lowest BCUT2D eigenvalue weighted by atomic mass is 9.91. The molecule has 1 heterocycles. The van der Waals surface area contributed by atoms with Gasteiger partial charge in [0.1, 0.15) is 5.75 Å². The van der Waals surface area contributed by atoms with Crippen LogP contribution in [0.2, 0.25) is 0 Å². The molecule has 8 heteroatoms. The molecule has 37 heavy (non-hydrogen) atoms. The van der Waals surface area contributed by atoms with E-state index in [1.807, 2.05) is 73.7 Å². The summed E-state index contributed by atoms with van der Waals surface area (Å²) in [5.41, 5.74) is 3.47. The summed E-state index contributed by atoms with van der Waals surface area (Å²) in [4.78, 5) is 12.9. The fourth-order valence-corrected chi connectivity index (χ4v) is 5.47. The normalized spacial score (nSPS) is 21.3. The Morgan fingerprint density at radius 1 is 1.00 bits per heavy atom. The number of carbonyl (C=O) groups excluding carboxylic acids is 1. The Morgan fingerprint density at radius 3 is 2.38 bits per heavy atom. The van der Waals surface area contributed by atoms with Crippen LogP contribution in [0.5, 0.6) is 5.75 Å². The minimum absolute atomic E-state index is 0.00191. The number of urea groups is 1. The third kappa shape index (κ3) is 6.84. The zero-order valence-electron chi connectivity index (χ0n) is 21.3. The molecule has 4 rings (SSSR count). The van der Waals surface area contributed by atoms with Crippen LogP contribution in [0.15, 0.2) is 77.7 Å². The van der Waals surface area contributed by atoms with E-state index in [9.17, 15) is 9.90 Å². The number of para-hydroxylation sites is 1. The van der Waals surface area contributed by atoms with Crippen molar-refractivity contribution in [1.82, 2.24) is 5.32 Å². The van der Waals surface area contributed by atoms with Crippen LogP contribution in [0, 0.1) is 5.92 Å². The number of benzene rings is 3. The number of aliphatic hydroxyl groups is 1. The zero-order chi connectivity index (χ0) is 26.2. The van der Waals surface area contributed by atoms with Crippen LogP contribution in [-0.2, 0) is 16.1 Å². The van der Waals surface area contributed by atoms with Crippen molar-refractivity contribution in [2.75, 3.05) is 24.7 Å². The van der Waals surface area contributed by atoms with Gasteiger partial charge in [0.05, 0.1) is 25.9 Å². The van der Waals surface area contributed by atoms with E-state index in [2.05, 4.69) is 23.6 Å². The molecule has 0 aromatic heterocycles. The molecule has 3 N–H and O–H groups in total. The summed E-state index contributed by atoms with van der Waals surface area (Å²) in [6, 6.07) is 23.1. The standard InChI is InChI=1S/C29H34N2O5S/c1-4-30-29(33)31-23-15-13-22(14-16-23)28-35-25(18-37-26-8-6-5-7-24(26)34-3)19(2)27(36-28)21-11-9-20(17-32)10-12-21/h5-16,19,25,27-28,32H,4,17-18H2,1-3H3,(H2,30,31,33)/t19-,25+,27+,28+/m0/s1. The summed E-state index contributed by atoms with van der Waals surface area (Å²) in [5.74, 6) is 1.65. The predicted octanol–water partition coefficient (Wildman–Crippen LogP) is 5.91. The van der Waals surface area contributed by atoms with Gasteiger partial charge in [0.15, 0.2) is 6.29 Å². The number of hydrogen-bond donors (Lipinski definition) is 3. The monoisotopic (exact) mass is 522 g/mol. The molecule has 1 fully saturated rings. The first-order chi connectivity index (χ1) is 18.0. The van der Waals surface area contributed by atoms with Gasteiger partial charge in [-0.05, 0) is 42.3 Å². The van der Waals surface area contributed by atoms with E-state index < -0.39 is 6.29 Å². The minimum atomic E-state index is -0.569. The second kappa shape index (κ2) is 13.0. The highest BCUT2D eigenvalue weighted by molar-refractivity contribution is 7.99. The fourth-order valence-electron chi connectivity index (χ4n) is 4.28. The highest BCUT2D eigenvalue weighted by atomic mass is 32.2. The van der Waals surface area contributed by atoms with Gasteiger partial charge in [0.25, 0.3) is 0 Å². The van der Waals surface area contributed by atoms with Crippen molar-refractivity contribution < 1.29 is 24.1 Å². The van der Waals surface area contributed by atoms with Gasteiger partial charge in [0.2, 0.25) is 0 Å². The van der Waals surface area contributed by atoms with Gasteiger partial charge in [-0.25, -0.2) is 4.79 Å². The van der Waals surface area contributed by atoms with Gasteiger partial charge >= 0.3 is 6.03 Å². The Hall–Kier alpha value is -3.04. The quantitative estimate of drug-likeness (QED) is 0.303. The van der Waals surface area contributed by atoms with E-state index in [0.717, 1.165) is 33.1 Å². The zero-order valence-corrected chi connectivity index (χ0v) is 22.2. The second-order valence-corrected chi connectivity index (χ2v) is 9.95. The molecule has 0 bridgehead atoms. The molecule has 2 amide bonds. The molecule has 1 saturated heterocycles. The van der Waals surface area contributed by atoms with E-state index in [-0.39, 0.29) is 30.8 Å². The topological polar surface area (TPSA) is 89.1 Å². The van der Waals surface area contributed by atoms with Crippen LogP contribution in [-0.4, -0.2) is 36.6 Å². The molecule has 1 aliphatic rings. The van der Waals surface area contributed by atoms with E-state index in [4.69, 9.17) is 14.2 Å². The Labute approximate surface area is 222 Å². The third-order valence-electron chi connectivity index (χ3n) is 6.37. The summed E-state index contributed by atoms with van der Waals surface area (Å²) in [5, 5.41) is 15.0. The van der Waals surface area contributed by atoms with Crippen LogP contribution in [0.3, 0.4) is 0 Å². The Morgan fingerprint density at radius 2 is 1.70 bits per heavy atom. The Bertz CT molecular complexity index is 1160. The average molecular weight is 523 g/mol.